The van der Waals surface area contributed by atoms with Gasteiger partial charge in [0.25, 0.3) is 0 Å². The molecule has 0 fully saturated rings. The Labute approximate surface area is 211 Å². The molecule has 0 saturated carbocycles. The first-order chi connectivity index (χ1) is 16.4. The van der Waals surface area contributed by atoms with Crippen molar-refractivity contribution in [2.24, 2.45) is 0 Å². The topological polar surface area (TPSA) is 88.2 Å². The summed E-state index contributed by atoms with van der Waals surface area (Å²) in [5.74, 6) is 0.225. The summed E-state index contributed by atoms with van der Waals surface area (Å²) in [6.45, 7) is 10.3. The maximum atomic E-state index is 12.5. The monoisotopic (exact) mass is 497 g/mol. The van der Waals surface area contributed by atoms with Crippen molar-refractivity contribution in [3.05, 3.63) is 74.2 Å². The Morgan fingerprint density at radius 2 is 2.06 bits per heavy atom. The van der Waals surface area contributed by atoms with Crippen molar-refractivity contribution in [3.8, 4) is 5.75 Å². The van der Waals surface area contributed by atoms with E-state index < -0.39 is 0 Å². The normalized spacial score (nSPS) is 16.4. The van der Waals surface area contributed by atoms with Gasteiger partial charge in [-0.25, -0.2) is 0 Å². The van der Waals surface area contributed by atoms with Crippen molar-refractivity contribution in [1.29, 1.82) is 5.41 Å². The number of benzene rings is 1. The first-order valence-electron chi connectivity index (χ1n) is 11.5. The third-order valence-corrected chi connectivity index (χ3v) is 7.32. The predicted molar refractivity (Wildman–Crippen MR) is 149 cm³/mol. The molecule has 34 heavy (non-hydrogen) atoms. The summed E-state index contributed by atoms with van der Waals surface area (Å²) < 4.78 is 5.61. The van der Waals surface area contributed by atoms with Crippen LogP contribution in [0.2, 0.25) is 0 Å². The number of anilines is 2. The van der Waals surface area contributed by atoms with Gasteiger partial charge in [-0.2, -0.15) is 0 Å². The largest absolute Gasteiger partial charge is 0.494 e. The highest BCUT2D eigenvalue weighted by molar-refractivity contribution is 8.07. The van der Waals surface area contributed by atoms with Gasteiger partial charge in [0.2, 0.25) is 5.91 Å². The van der Waals surface area contributed by atoms with Gasteiger partial charge < -0.3 is 15.8 Å². The summed E-state index contributed by atoms with van der Waals surface area (Å²) in [5, 5.41) is 13.7. The molecular formula is C27H35N3O2S2. The Bertz CT molecular complexity index is 1070. The van der Waals surface area contributed by atoms with E-state index in [2.05, 4.69) is 31.0 Å². The van der Waals surface area contributed by atoms with Crippen molar-refractivity contribution < 1.29 is 9.53 Å². The number of rotatable bonds is 8. The molecule has 7 heteroatoms. The standard InChI is InChI=1S/C25H29N3O2S2.C2H6/c1-16-9-6-4-5-7-11-21(16)32-17(2)24(27)23-19(26)12-13-20(25(23)30-3)28-22(29)15-18-10-8-14-31-18;1-2/h5,7-8,10,12-14,27H,2,4,6,9,11,15,26H2,1,3H3,(H,28,29);1-2H3/b7-5-,21-16+,27-24?;. The van der Waals surface area contributed by atoms with Crippen LogP contribution in [0.15, 0.2) is 63.8 Å². The lowest BCUT2D eigenvalue weighted by molar-refractivity contribution is -0.115. The van der Waals surface area contributed by atoms with Gasteiger partial charge in [-0.1, -0.05) is 56.0 Å². The van der Waals surface area contributed by atoms with E-state index in [4.69, 9.17) is 15.9 Å². The minimum atomic E-state index is -0.150. The van der Waals surface area contributed by atoms with Crippen LogP contribution in [0.25, 0.3) is 0 Å². The maximum absolute atomic E-state index is 12.5. The minimum absolute atomic E-state index is 0.150. The summed E-state index contributed by atoms with van der Waals surface area (Å²) in [7, 11) is 1.52. The number of nitrogen functional groups attached to an aromatic ring is 1. The van der Waals surface area contributed by atoms with Crippen LogP contribution in [0.1, 0.15) is 56.9 Å². The number of methoxy groups -OCH3 is 1. The van der Waals surface area contributed by atoms with E-state index in [1.165, 1.54) is 40.7 Å². The molecule has 0 aliphatic heterocycles. The molecule has 1 aliphatic carbocycles. The van der Waals surface area contributed by atoms with Gasteiger partial charge in [0.15, 0.2) is 5.75 Å². The molecular weight excluding hydrogens is 462 g/mol. The van der Waals surface area contributed by atoms with Crippen LogP contribution in [-0.4, -0.2) is 18.7 Å². The summed E-state index contributed by atoms with van der Waals surface area (Å²) in [6, 6.07) is 7.24. The lowest BCUT2D eigenvalue weighted by Gasteiger charge is -2.19. The second kappa shape index (κ2) is 13.8. The quantitative estimate of drug-likeness (QED) is 0.199. The highest BCUT2D eigenvalue weighted by Crippen LogP contribution is 2.39. The molecule has 1 amide bonds. The van der Waals surface area contributed by atoms with E-state index in [-0.39, 0.29) is 18.0 Å². The molecule has 1 aromatic carbocycles. The van der Waals surface area contributed by atoms with Crippen LogP contribution < -0.4 is 15.8 Å². The lowest BCUT2D eigenvalue weighted by Crippen LogP contribution is -2.16. The molecule has 0 atom stereocenters. The number of amides is 1. The van der Waals surface area contributed by atoms with Crippen LogP contribution in [0.4, 0.5) is 11.4 Å². The fraction of sp³-hybridized carbons (Fsp3) is 0.333. The molecule has 1 heterocycles. The zero-order chi connectivity index (χ0) is 25.1. The molecule has 4 N–H and O–H groups in total. The van der Waals surface area contributed by atoms with Crippen molar-refractivity contribution in [1.82, 2.24) is 0 Å². The Hall–Kier alpha value is -2.77. The number of carbonyl (C=O) groups is 1. The molecule has 0 saturated heterocycles. The van der Waals surface area contributed by atoms with Gasteiger partial charge in [0.05, 0.1) is 30.5 Å². The van der Waals surface area contributed by atoms with Gasteiger partial charge in [0, 0.05) is 15.5 Å². The van der Waals surface area contributed by atoms with Gasteiger partial charge >= 0.3 is 0 Å². The molecule has 0 unspecified atom stereocenters. The fourth-order valence-corrected chi connectivity index (χ4v) is 5.17. The highest BCUT2D eigenvalue weighted by atomic mass is 32.2. The molecule has 2 aromatic rings. The van der Waals surface area contributed by atoms with Gasteiger partial charge in [-0.3, -0.25) is 10.2 Å². The minimum Gasteiger partial charge on any atom is -0.494 e. The molecule has 0 spiro atoms. The van der Waals surface area contributed by atoms with Crippen molar-refractivity contribution in [3.63, 3.8) is 0 Å². The smallest absolute Gasteiger partial charge is 0.229 e. The van der Waals surface area contributed by atoms with Gasteiger partial charge in [0.1, 0.15) is 0 Å². The molecule has 1 aromatic heterocycles. The molecule has 182 valence electrons. The number of thioether (sulfide) groups is 1. The third kappa shape index (κ3) is 7.37. The van der Waals surface area contributed by atoms with E-state index >= 15 is 0 Å². The zero-order valence-corrected chi connectivity index (χ0v) is 22.1. The molecule has 0 radical (unpaired) electrons. The second-order valence-electron chi connectivity index (χ2n) is 7.59. The van der Waals surface area contributed by atoms with Crippen LogP contribution in [-0.2, 0) is 11.2 Å². The summed E-state index contributed by atoms with van der Waals surface area (Å²) >= 11 is 3.05. The number of hydrogen-bond donors (Lipinski definition) is 3. The van der Waals surface area contributed by atoms with E-state index in [1.54, 1.807) is 12.1 Å². The van der Waals surface area contributed by atoms with Gasteiger partial charge in [-0.05, 0) is 61.1 Å². The SMILES string of the molecule is C=C(S/C1=C(\C)CCC/C=C\C1)C(=N)c1c(N)ccc(NC(=O)Cc2cccs2)c1OC.CC. The third-order valence-electron chi connectivity index (χ3n) is 5.23. The van der Waals surface area contributed by atoms with E-state index in [1.807, 2.05) is 31.4 Å². The fourth-order valence-electron chi connectivity index (χ4n) is 3.51. The molecule has 0 bridgehead atoms. The number of thiophene rings is 1. The number of nitrogens with one attached hydrogen (secondary N) is 2. The van der Waals surface area contributed by atoms with E-state index in [0.29, 0.717) is 27.6 Å². The zero-order valence-electron chi connectivity index (χ0n) is 20.5. The first-order valence-corrected chi connectivity index (χ1v) is 13.2. The van der Waals surface area contributed by atoms with Crippen molar-refractivity contribution >= 4 is 46.1 Å². The Morgan fingerprint density at radius 3 is 2.74 bits per heavy atom. The van der Waals surface area contributed by atoms with Crippen molar-refractivity contribution in [2.75, 3.05) is 18.2 Å². The van der Waals surface area contributed by atoms with Crippen molar-refractivity contribution in [2.45, 2.75) is 52.9 Å². The molecule has 5 nitrogen and oxygen atoms in total. The predicted octanol–water partition coefficient (Wildman–Crippen LogP) is 7.57. The van der Waals surface area contributed by atoms with Crippen LogP contribution in [0.5, 0.6) is 5.75 Å². The van der Waals surface area contributed by atoms with E-state index in [0.717, 1.165) is 30.6 Å². The lowest BCUT2D eigenvalue weighted by atomic mass is 10.0. The number of ether oxygens (including phenoxy) is 1. The van der Waals surface area contributed by atoms with Crippen LogP contribution >= 0.6 is 23.1 Å². The summed E-state index contributed by atoms with van der Waals surface area (Å²) in [6.07, 6.45) is 8.79. The van der Waals surface area contributed by atoms with Crippen LogP contribution in [0.3, 0.4) is 0 Å². The van der Waals surface area contributed by atoms with Crippen LogP contribution in [0, 0.1) is 5.41 Å². The van der Waals surface area contributed by atoms with E-state index in [9.17, 15) is 4.79 Å². The van der Waals surface area contributed by atoms with Gasteiger partial charge in [-0.15, -0.1) is 11.3 Å². The number of hydrogen-bond acceptors (Lipinski definition) is 6. The number of carbonyl (C=O) groups excluding carboxylic acids is 1. The Kier molecular flexibility index (Phi) is 11.2. The molecule has 1 aliphatic rings. The summed E-state index contributed by atoms with van der Waals surface area (Å²) in [4.78, 5) is 15.3. The highest BCUT2D eigenvalue weighted by Gasteiger charge is 2.21. The average Bonchev–Trinajstić information content (AvgIpc) is 3.33. The number of allylic oxidation sites excluding steroid dienone is 5. The number of nitrogens with two attached hydrogens (primary N) is 1. The Morgan fingerprint density at radius 1 is 1.29 bits per heavy atom. The average molecular weight is 498 g/mol. The Balaban J connectivity index is 0.00000199. The summed E-state index contributed by atoms with van der Waals surface area (Å²) in [5.41, 5.74) is 9.13. The maximum Gasteiger partial charge on any atom is 0.229 e. The molecule has 3 rings (SSSR count). The first kappa shape index (κ1) is 27.5. The second-order valence-corrected chi connectivity index (χ2v) is 9.81.